The average molecular weight is 536 g/mol. The molecule has 1 aromatic heterocycles. The fourth-order valence-corrected chi connectivity index (χ4v) is 5.94. The van der Waals surface area contributed by atoms with Gasteiger partial charge in [-0.15, -0.1) is 0 Å². The van der Waals surface area contributed by atoms with Crippen LogP contribution in [0.5, 0.6) is 0 Å². The number of fused-ring (bicyclic) bond motifs is 1. The number of hydrogen-bond donors (Lipinski definition) is 3. The number of carboxylic acids is 1. The Hall–Kier alpha value is -3.32. The Bertz CT molecular complexity index is 1480. The number of aromatic carboxylic acids is 1. The topological polar surface area (TPSA) is 85.4 Å². The van der Waals surface area contributed by atoms with Crippen molar-refractivity contribution in [2.45, 2.75) is 31.8 Å². The van der Waals surface area contributed by atoms with Crippen LogP contribution in [0.25, 0.3) is 10.9 Å². The van der Waals surface area contributed by atoms with Crippen LogP contribution < -0.4 is 5.32 Å². The van der Waals surface area contributed by atoms with Crippen molar-refractivity contribution >= 4 is 46.0 Å². The highest BCUT2D eigenvalue weighted by atomic mass is 35.5. The summed E-state index contributed by atoms with van der Waals surface area (Å²) in [6, 6.07) is 20.6. The van der Waals surface area contributed by atoms with E-state index in [0.717, 1.165) is 18.5 Å². The predicted octanol–water partition coefficient (Wildman–Crippen LogP) is 6.40. The van der Waals surface area contributed by atoms with E-state index in [9.17, 15) is 14.7 Å². The minimum absolute atomic E-state index is 0.188. The normalized spacial score (nSPS) is 18.1. The maximum absolute atomic E-state index is 13.8. The van der Waals surface area contributed by atoms with Crippen LogP contribution >= 0.6 is 23.2 Å². The molecule has 1 saturated heterocycles. The Morgan fingerprint density at radius 2 is 1.78 bits per heavy atom. The summed E-state index contributed by atoms with van der Waals surface area (Å²) in [7, 11) is 0. The Morgan fingerprint density at radius 1 is 1.05 bits per heavy atom. The fourth-order valence-electron chi connectivity index (χ4n) is 5.48. The standard InChI is InChI=1S/C29H27Cl2N3O3/c1-18-24-23(13-12-22(30)25(24)31)32-26(18)27(35)33-29(21-11-6-5-10-20(21)28(36)37)14-7-15-34(17-29)16-19-8-3-2-4-9-19/h2-6,8-13,32H,7,14-17H2,1H3,(H,33,35)(H,36,37). The second-order valence-electron chi connectivity index (χ2n) is 9.60. The average Bonchev–Trinajstić information content (AvgIpc) is 3.24. The minimum Gasteiger partial charge on any atom is -0.478 e. The molecule has 3 N–H and O–H groups in total. The van der Waals surface area contributed by atoms with Gasteiger partial charge in [-0.25, -0.2) is 4.79 Å². The summed E-state index contributed by atoms with van der Waals surface area (Å²) in [5, 5.41) is 14.8. The largest absolute Gasteiger partial charge is 0.478 e. The van der Waals surface area contributed by atoms with E-state index in [1.807, 2.05) is 37.3 Å². The van der Waals surface area contributed by atoms with E-state index in [1.165, 1.54) is 0 Å². The van der Waals surface area contributed by atoms with E-state index in [0.29, 0.717) is 57.3 Å². The highest BCUT2D eigenvalue weighted by molar-refractivity contribution is 6.45. The van der Waals surface area contributed by atoms with Crippen LogP contribution in [0.1, 0.15) is 50.4 Å². The second kappa shape index (κ2) is 10.2. The SMILES string of the molecule is Cc1c(C(=O)NC2(c3ccccc3C(=O)O)CCCN(Cc3ccccc3)C2)[nH]c2ccc(Cl)c(Cl)c12. The molecule has 1 aliphatic heterocycles. The number of likely N-dealkylation sites (tertiary alicyclic amines) is 1. The molecule has 0 radical (unpaired) electrons. The predicted molar refractivity (Wildman–Crippen MR) is 147 cm³/mol. The van der Waals surface area contributed by atoms with Crippen LogP contribution in [-0.4, -0.2) is 40.0 Å². The third-order valence-corrected chi connectivity index (χ3v) is 7.98. The number of nitrogens with one attached hydrogen (secondary N) is 2. The molecule has 0 bridgehead atoms. The van der Waals surface area contributed by atoms with Crippen molar-refractivity contribution in [3.63, 3.8) is 0 Å². The first-order valence-corrected chi connectivity index (χ1v) is 12.9. The summed E-state index contributed by atoms with van der Waals surface area (Å²) < 4.78 is 0. The van der Waals surface area contributed by atoms with Gasteiger partial charge in [-0.2, -0.15) is 0 Å². The monoisotopic (exact) mass is 535 g/mol. The van der Waals surface area contributed by atoms with E-state index in [4.69, 9.17) is 23.2 Å². The van der Waals surface area contributed by atoms with Gasteiger partial charge in [0.15, 0.2) is 0 Å². The number of nitrogens with zero attached hydrogens (tertiary/aromatic N) is 1. The molecule has 0 spiro atoms. The molecule has 0 saturated carbocycles. The number of piperidine rings is 1. The molecule has 190 valence electrons. The molecule has 4 aromatic rings. The lowest BCUT2D eigenvalue weighted by molar-refractivity contribution is 0.0662. The van der Waals surface area contributed by atoms with Crippen LogP contribution in [0.2, 0.25) is 10.0 Å². The molecule has 8 heteroatoms. The molecule has 1 fully saturated rings. The van der Waals surface area contributed by atoms with Gasteiger partial charge in [0.05, 0.1) is 21.1 Å². The number of halogens is 2. The van der Waals surface area contributed by atoms with E-state index in [2.05, 4.69) is 27.3 Å². The highest BCUT2D eigenvalue weighted by Gasteiger charge is 2.41. The van der Waals surface area contributed by atoms with E-state index >= 15 is 0 Å². The van der Waals surface area contributed by atoms with Gasteiger partial charge in [0, 0.05) is 24.0 Å². The summed E-state index contributed by atoms with van der Waals surface area (Å²) in [5.74, 6) is -1.34. The minimum atomic E-state index is -1.02. The first kappa shape index (κ1) is 25.3. The third kappa shape index (κ3) is 4.85. The molecule has 1 aliphatic rings. The number of amides is 1. The molecule has 0 aliphatic carbocycles. The summed E-state index contributed by atoms with van der Waals surface area (Å²) in [6.07, 6.45) is 1.41. The van der Waals surface area contributed by atoms with Crippen LogP contribution in [-0.2, 0) is 12.1 Å². The molecule has 2 heterocycles. The molecular formula is C29H27Cl2N3O3. The maximum Gasteiger partial charge on any atom is 0.336 e. The lowest BCUT2D eigenvalue weighted by atomic mass is 9.79. The summed E-state index contributed by atoms with van der Waals surface area (Å²) >= 11 is 12.7. The fraction of sp³-hybridized carbons (Fsp3) is 0.241. The number of carboxylic acid groups (broad SMARTS) is 1. The van der Waals surface area contributed by atoms with Gasteiger partial charge in [-0.1, -0.05) is 71.7 Å². The Labute approximate surface area is 225 Å². The molecule has 1 unspecified atom stereocenters. The third-order valence-electron chi connectivity index (χ3n) is 7.18. The number of aromatic nitrogens is 1. The van der Waals surface area contributed by atoms with Gasteiger partial charge in [0.1, 0.15) is 5.69 Å². The van der Waals surface area contributed by atoms with Crippen molar-refractivity contribution in [2.75, 3.05) is 13.1 Å². The Balaban J connectivity index is 1.56. The Kier molecular flexibility index (Phi) is 6.99. The van der Waals surface area contributed by atoms with Gasteiger partial charge >= 0.3 is 5.97 Å². The zero-order valence-electron chi connectivity index (χ0n) is 20.4. The van der Waals surface area contributed by atoms with Crippen molar-refractivity contribution in [3.8, 4) is 0 Å². The number of hydrogen-bond acceptors (Lipinski definition) is 3. The number of carbonyl (C=O) groups is 2. The van der Waals surface area contributed by atoms with E-state index < -0.39 is 11.5 Å². The van der Waals surface area contributed by atoms with Crippen LogP contribution in [0, 0.1) is 6.92 Å². The lowest BCUT2D eigenvalue weighted by Gasteiger charge is -2.44. The summed E-state index contributed by atoms with van der Waals surface area (Å²) in [6.45, 7) is 3.86. The quantitative estimate of drug-likeness (QED) is 0.266. The summed E-state index contributed by atoms with van der Waals surface area (Å²) in [4.78, 5) is 31.5. The van der Waals surface area contributed by atoms with Gasteiger partial charge in [-0.05, 0) is 61.2 Å². The molecule has 6 nitrogen and oxygen atoms in total. The molecule has 37 heavy (non-hydrogen) atoms. The number of aromatic amines is 1. The smallest absolute Gasteiger partial charge is 0.336 e. The van der Waals surface area contributed by atoms with Crippen molar-refractivity contribution in [1.82, 2.24) is 15.2 Å². The number of carbonyl (C=O) groups excluding carboxylic acids is 1. The van der Waals surface area contributed by atoms with Crippen molar-refractivity contribution in [2.24, 2.45) is 0 Å². The highest BCUT2D eigenvalue weighted by Crippen LogP contribution is 2.37. The first-order valence-electron chi connectivity index (χ1n) is 12.2. The molecule has 1 amide bonds. The molecule has 1 atom stereocenters. The van der Waals surface area contributed by atoms with Gasteiger partial charge in [0.25, 0.3) is 5.91 Å². The first-order chi connectivity index (χ1) is 17.8. The lowest BCUT2D eigenvalue weighted by Crippen LogP contribution is -2.56. The van der Waals surface area contributed by atoms with Gasteiger partial charge in [0.2, 0.25) is 0 Å². The molecule has 5 rings (SSSR count). The maximum atomic E-state index is 13.8. The number of benzene rings is 3. The van der Waals surface area contributed by atoms with Gasteiger partial charge < -0.3 is 15.4 Å². The zero-order valence-corrected chi connectivity index (χ0v) is 21.9. The zero-order chi connectivity index (χ0) is 26.2. The van der Waals surface area contributed by atoms with Crippen molar-refractivity contribution < 1.29 is 14.7 Å². The molecule has 3 aromatic carbocycles. The van der Waals surface area contributed by atoms with Crippen molar-refractivity contribution in [1.29, 1.82) is 0 Å². The summed E-state index contributed by atoms with van der Waals surface area (Å²) in [5.41, 5.74) is 2.84. The number of H-pyrrole nitrogens is 1. The van der Waals surface area contributed by atoms with E-state index in [1.54, 1.807) is 24.3 Å². The van der Waals surface area contributed by atoms with E-state index in [-0.39, 0.29) is 11.5 Å². The number of aryl methyl sites for hydroxylation is 1. The number of rotatable bonds is 6. The van der Waals surface area contributed by atoms with Crippen LogP contribution in [0.3, 0.4) is 0 Å². The molecular weight excluding hydrogens is 509 g/mol. The van der Waals surface area contributed by atoms with Gasteiger partial charge in [-0.3, -0.25) is 9.69 Å². The van der Waals surface area contributed by atoms with Crippen LogP contribution in [0.15, 0.2) is 66.7 Å². The van der Waals surface area contributed by atoms with Crippen molar-refractivity contribution in [3.05, 3.63) is 105 Å². The second-order valence-corrected chi connectivity index (χ2v) is 10.4. The Morgan fingerprint density at radius 3 is 2.54 bits per heavy atom. The van der Waals surface area contributed by atoms with Crippen LogP contribution in [0.4, 0.5) is 0 Å².